The third-order valence-electron chi connectivity index (χ3n) is 5.26. The Labute approximate surface area is 186 Å². The van der Waals surface area contributed by atoms with Crippen LogP contribution in [-0.4, -0.2) is 26.6 Å². The third-order valence-corrected chi connectivity index (χ3v) is 6.19. The molecule has 1 aromatic heterocycles. The highest BCUT2D eigenvalue weighted by Crippen LogP contribution is 2.29. The molecule has 4 rings (SSSR count). The van der Waals surface area contributed by atoms with Gasteiger partial charge in [-0.2, -0.15) is 15.0 Å². The molecule has 1 atom stereocenters. The summed E-state index contributed by atoms with van der Waals surface area (Å²) in [6.45, 7) is 2.01. The van der Waals surface area contributed by atoms with Crippen molar-refractivity contribution >= 4 is 35.3 Å². The van der Waals surface area contributed by atoms with Crippen LogP contribution in [0.5, 0.6) is 0 Å². The Morgan fingerprint density at radius 3 is 2.81 bits per heavy atom. The summed E-state index contributed by atoms with van der Waals surface area (Å²) < 4.78 is 0. The van der Waals surface area contributed by atoms with Crippen LogP contribution in [0.3, 0.4) is 0 Å². The first-order valence-electron chi connectivity index (χ1n) is 10.4. The lowest BCUT2D eigenvalue weighted by Gasteiger charge is -2.26. The second-order valence-corrected chi connectivity index (χ2v) is 8.56. The van der Waals surface area contributed by atoms with Gasteiger partial charge in [-0.1, -0.05) is 42.5 Å². The Hall–Kier alpha value is -3.13. The fraction of sp³-hybridized carbons (Fsp3) is 0.304. The molecule has 0 saturated carbocycles. The average Bonchev–Trinajstić information content (AvgIpc) is 2.75. The zero-order valence-electron chi connectivity index (χ0n) is 17.5. The zero-order valence-corrected chi connectivity index (χ0v) is 18.3. The van der Waals surface area contributed by atoms with Crippen molar-refractivity contribution in [2.75, 3.05) is 16.8 Å². The molecule has 7 nitrogen and oxygen atoms in total. The maximum atomic E-state index is 12.5. The summed E-state index contributed by atoms with van der Waals surface area (Å²) in [5.41, 5.74) is 10.4. The Kier molecular flexibility index (Phi) is 6.66. The maximum Gasteiger partial charge on any atom is 0.232 e. The van der Waals surface area contributed by atoms with Crippen LogP contribution in [0.25, 0.3) is 0 Å². The molecule has 1 amide bonds. The van der Waals surface area contributed by atoms with E-state index in [-0.39, 0.29) is 17.9 Å². The third kappa shape index (κ3) is 5.52. The molecule has 0 fully saturated rings. The number of carbonyl (C=O) groups is 1. The smallest absolute Gasteiger partial charge is 0.232 e. The molecule has 160 valence electrons. The van der Waals surface area contributed by atoms with Gasteiger partial charge in [0, 0.05) is 5.69 Å². The molecule has 8 heteroatoms. The minimum atomic E-state index is 0.0204. The van der Waals surface area contributed by atoms with E-state index in [2.05, 4.69) is 43.8 Å². The Bertz CT molecular complexity index is 1070. The summed E-state index contributed by atoms with van der Waals surface area (Å²) in [5.74, 6) is 1.94. The van der Waals surface area contributed by atoms with Gasteiger partial charge in [-0.3, -0.25) is 4.79 Å². The van der Waals surface area contributed by atoms with E-state index in [1.165, 1.54) is 22.9 Å². The van der Waals surface area contributed by atoms with Crippen molar-refractivity contribution in [2.24, 2.45) is 0 Å². The first-order chi connectivity index (χ1) is 15.1. The number of aromatic nitrogens is 3. The highest BCUT2D eigenvalue weighted by molar-refractivity contribution is 7.99. The number of nitrogen functional groups attached to an aromatic ring is 1. The molecule has 0 saturated heterocycles. The summed E-state index contributed by atoms with van der Waals surface area (Å²) in [7, 11) is 0. The van der Waals surface area contributed by atoms with Gasteiger partial charge in [-0.15, -0.1) is 11.8 Å². The molecule has 31 heavy (non-hydrogen) atoms. The Morgan fingerprint density at radius 1 is 1.13 bits per heavy atom. The first kappa shape index (κ1) is 21.1. The van der Waals surface area contributed by atoms with E-state index in [1.807, 2.05) is 37.3 Å². The molecule has 0 unspecified atom stereocenters. The normalized spacial score (nSPS) is 15.2. The lowest BCUT2D eigenvalue weighted by atomic mass is 9.88. The fourth-order valence-electron chi connectivity index (χ4n) is 3.77. The van der Waals surface area contributed by atoms with Crippen LogP contribution in [0.1, 0.15) is 41.4 Å². The predicted molar refractivity (Wildman–Crippen MR) is 125 cm³/mol. The largest absolute Gasteiger partial charge is 0.368 e. The van der Waals surface area contributed by atoms with E-state index in [9.17, 15) is 4.79 Å². The van der Waals surface area contributed by atoms with Crippen LogP contribution in [0.15, 0.2) is 48.5 Å². The van der Waals surface area contributed by atoms with E-state index in [4.69, 9.17) is 5.73 Å². The number of nitrogens with two attached hydrogens (primary N) is 1. The standard InChI is InChI=1S/C23H26N6OS/c1-15-7-2-5-11-18(15)26-23-28-20(27-22(24)29-23)13-31-14-21(30)25-19-12-6-9-16-8-3-4-10-17(16)19/h2-5,7-8,10-11,19H,6,9,12-14H2,1H3,(H,25,30)(H3,24,26,27,28,29)/t19-/m0/s1. The Balaban J connectivity index is 1.32. The highest BCUT2D eigenvalue weighted by Gasteiger charge is 2.21. The molecule has 0 bridgehead atoms. The van der Waals surface area contributed by atoms with Crippen LogP contribution >= 0.6 is 11.8 Å². The van der Waals surface area contributed by atoms with Crippen LogP contribution in [0.2, 0.25) is 0 Å². The molecule has 2 aromatic carbocycles. The van der Waals surface area contributed by atoms with Crippen molar-refractivity contribution in [1.29, 1.82) is 0 Å². The number of hydrogen-bond donors (Lipinski definition) is 3. The summed E-state index contributed by atoms with van der Waals surface area (Å²) in [6, 6.07) is 16.3. The number of fused-ring (bicyclic) bond motifs is 1. The van der Waals surface area contributed by atoms with Crippen molar-refractivity contribution in [2.45, 2.75) is 38.0 Å². The van der Waals surface area contributed by atoms with Crippen molar-refractivity contribution in [3.8, 4) is 0 Å². The first-order valence-corrected chi connectivity index (χ1v) is 11.5. The molecular formula is C23H26N6OS. The fourth-order valence-corrected chi connectivity index (χ4v) is 4.45. The molecule has 0 aliphatic heterocycles. The lowest BCUT2D eigenvalue weighted by molar-refractivity contribution is -0.119. The van der Waals surface area contributed by atoms with Gasteiger partial charge in [0.15, 0.2) is 0 Å². The van der Waals surface area contributed by atoms with E-state index in [0.29, 0.717) is 23.3 Å². The van der Waals surface area contributed by atoms with Crippen molar-refractivity contribution in [3.05, 3.63) is 71.0 Å². The van der Waals surface area contributed by atoms with Crippen molar-refractivity contribution in [1.82, 2.24) is 20.3 Å². The van der Waals surface area contributed by atoms with Gasteiger partial charge < -0.3 is 16.4 Å². The second kappa shape index (κ2) is 9.78. The molecular weight excluding hydrogens is 408 g/mol. The average molecular weight is 435 g/mol. The minimum Gasteiger partial charge on any atom is -0.368 e. The van der Waals surface area contributed by atoms with Crippen LogP contribution in [-0.2, 0) is 17.0 Å². The number of amides is 1. The SMILES string of the molecule is Cc1ccccc1Nc1nc(N)nc(CSCC(=O)N[C@H]2CCCc3ccccc32)n1. The molecule has 1 aliphatic rings. The number of para-hydroxylation sites is 1. The molecule has 1 heterocycles. The van der Waals surface area contributed by atoms with Crippen LogP contribution < -0.4 is 16.4 Å². The van der Waals surface area contributed by atoms with Crippen LogP contribution in [0, 0.1) is 6.92 Å². The van der Waals surface area contributed by atoms with Gasteiger partial charge in [0.2, 0.25) is 17.8 Å². The van der Waals surface area contributed by atoms with Gasteiger partial charge in [-0.25, -0.2) is 0 Å². The van der Waals surface area contributed by atoms with Gasteiger partial charge >= 0.3 is 0 Å². The van der Waals surface area contributed by atoms with Crippen molar-refractivity contribution in [3.63, 3.8) is 0 Å². The van der Waals surface area contributed by atoms with E-state index in [1.54, 1.807) is 0 Å². The van der Waals surface area contributed by atoms with Gasteiger partial charge in [0.25, 0.3) is 0 Å². The number of thioether (sulfide) groups is 1. The number of nitrogens with one attached hydrogen (secondary N) is 2. The zero-order chi connectivity index (χ0) is 21.6. The van der Waals surface area contributed by atoms with Gasteiger partial charge in [0.05, 0.1) is 17.5 Å². The Morgan fingerprint density at radius 2 is 1.94 bits per heavy atom. The minimum absolute atomic E-state index is 0.0204. The number of carbonyl (C=O) groups excluding carboxylic acids is 1. The predicted octanol–water partition coefficient (Wildman–Crippen LogP) is 3.93. The van der Waals surface area contributed by atoms with Gasteiger partial charge in [0.1, 0.15) is 5.82 Å². The number of anilines is 3. The van der Waals surface area contributed by atoms with Gasteiger partial charge in [-0.05, 0) is 48.9 Å². The molecule has 0 spiro atoms. The van der Waals surface area contributed by atoms with E-state index in [0.717, 1.165) is 30.5 Å². The number of rotatable bonds is 7. The molecule has 0 radical (unpaired) electrons. The number of hydrogen-bond acceptors (Lipinski definition) is 7. The number of benzene rings is 2. The summed E-state index contributed by atoms with van der Waals surface area (Å²) in [5, 5.41) is 6.36. The molecule has 1 aliphatic carbocycles. The summed E-state index contributed by atoms with van der Waals surface area (Å²) >= 11 is 1.46. The number of aryl methyl sites for hydroxylation is 2. The summed E-state index contributed by atoms with van der Waals surface area (Å²) in [4.78, 5) is 25.3. The molecule has 4 N–H and O–H groups in total. The van der Waals surface area contributed by atoms with Crippen molar-refractivity contribution < 1.29 is 4.79 Å². The monoisotopic (exact) mass is 434 g/mol. The topological polar surface area (TPSA) is 106 Å². The molecule has 3 aromatic rings. The lowest BCUT2D eigenvalue weighted by Crippen LogP contribution is -2.32. The van der Waals surface area contributed by atoms with E-state index < -0.39 is 0 Å². The van der Waals surface area contributed by atoms with Crippen LogP contribution in [0.4, 0.5) is 17.6 Å². The summed E-state index contributed by atoms with van der Waals surface area (Å²) in [6.07, 6.45) is 3.15. The maximum absolute atomic E-state index is 12.5. The second-order valence-electron chi connectivity index (χ2n) is 7.58. The quantitative estimate of drug-likeness (QED) is 0.517. The number of nitrogens with zero attached hydrogens (tertiary/aromatic N) is 3. The van der Waals surface area contributed by atoms with E-state index >= 15 is 0 Å². The highest BCUT2D eigenvalue weighted by atomic mass is 32.2.